The fourth-order valence-electron chi connectivity index (χ4n) is 1.61. The molecule has 0 fully saturated rings. The zero-order valence-electron chi connectivity index (χ0n) is 9.56. The third-order valence-electron chi connectivity index (χ3n) is 2.51. The van der Waals surface area contributed by atoms with E-state index in [4.69, 9.17) is 0 Å². The van der Waals surface area contributed by atoms with Gasteiger partial charge in [0.05, 0.1) is 6.54 Å². The van der Waals surface area contributed by atoms with Gasteiger partial charge in [-0.25, -0.2) is 4.39 Å². The Hall–Kier alpha value is -1.69. The van der Waals surface area contributed by atoms with E-state index < -0.39 is 16.9 Å². The highest BCUT2D eigenvalue weighted by atomic mass is 79.9. The third kappa shape index (κ3) is 2.59. The van der Waals surface area contributed by atoms with Crippen molar-refractivity contribution in [1.82, 2.24) is 9.13 Å². The Morgan fingerprint density at radius 1 is 1.17 bits per heavy atom. The Kier molecular flexibility index (Phi) is 3.47. The molecule has 4 nitrogen and oxygen atoms in total. The highest BCUT2D eigenvalue weighted by Crippen LogP contribution is 2.15. The molecule has 94 valence electrons. The number of aromatic nitrogens is 2. The minimum atomic E-state index is -0.625. The molecule has 0 aliphatic carbocycles. The summed E-state index contributed by atoms with van der Waals surface area (Å²) in [5, 5.41) is 0. The van der Waals surface area contributed by atoms with E-state index in [0.717, 1.165) is 0 Å². The van der Waals surface area contributed by atoms with Crippen LogP contribution >= 0.6 is 15.9 Å². The standard InChI is InChI=1S/C12H10BrFN2O2/c1-15-2-3-16(12(18)11(15)17)7-8-4-9(13)6-10(14)5-8/h2-6H,7H2,1H3. The van der Waals surface area contributed by atoms with Crippen molar-refractivity contribution in [3.8, 4) is 0 Å². The van der Waals surface area contributed by atoms with Gasteiger partial charge in [0.2, 0.25) is 0 Å². The van der Waals surface area contributed by atoms with Crippen LogP contribution in [0.4, 0.5) is 4.39 Å². The van der Waals surface area contributed by atoms with E-state index in [9.17, 15) is 14.0 Å². The van der Waals surface area contributed by atoms with Gasteiger partial charge in [-0.15, -0.1) is 0 Å². The van der Waals surface area contributed by atoms with E-state index in [1.165, 1.54) is 40.7 Å². The van der Waals surface area contributed by atoms with Crippen LogP contribution in [-0.2, 0) is 13.6 Å². The van der Waals surface area contributed by atoms with Crippen LogP contribution in [0.3, 0.4) is 0 Å². The van der Waals surface area contributed by atoms with Gasteiger partial charge in [0.1, 0.15) is 5.82 Å². The minimum absolute atomic E-state index is 0.158. The van der Waals surface area contributed by atoms with E-state index >= 15 is 0 Å². The lowest BCUT2D eigenvalue weighted by molar-refractivity contribution is 0.620. The van der Waals surface area contributed by atoms with Gasteiger partial charge < -0.3 is 9.13 Å². The molecule has 1 heterocycles. The SMILES string of the molecule is Cn1ccn(Cc2cc(F)cc(Br)c2)c(=O)c1=O. The molecule has 0 aliphatic rings. The van der Waals surface area contributed by atoms with E-state index in [1.807, 2.05) is 0 Å². The van der Waals surface area contributed by atoms with Crippen molar-refractivity contribution in [1.29, 1.82) is 0 Å². The molecule has 0 saturated carbocycles. The van der Waals surface area contributed by atoms with Gasteiger partial charge in [-0.1, -0.05) is 15.9 Å². The van der Waals surface area contributed by atoms with Crippen LogP contribution in [0.25, 0.3) is 0 Å². The average molecular weight is 313 g/mol. The van der Waals surface area contributed by atoms with Crippen LogP contribution in [0.1, 0.15) is 5.56 Å². The van der Waals surface area contributed by atoms with Crippen molar-refractivity contribution in [3.63, 3.8) is 0 Å². The summed E-state index contributed by atoms with van der Waals surface area (Å²) in [4.78, 5) is 23.1. The first-order chi connectivity index (χ1) is 8.47. The van der Waals surface area contributed by atoms with E-state index in [1.54, 1.807) is 6.07 Å². The van der Waals surface area contributed by atoms with Crippen molar-refractivity contribution < 1.29 is 4.39 Å². The Morgan fingerprint density at radius 3 is 2.56 bits per heavy atom. The van der Waals surface area contributed by atoms with Crippen molar-refractivity contribution in [2.45, 2.75) is 6.54 Å². The number of hydrogen-bond donors (Lipinski definition) is 0. The fourth-order valence-corrected chi connectivity index (χ4v) is 2.13. The van der Waals surface area contributed by atoms with Crippen molar-refractivity contribution >= 4 is 15.9 Å². The summed E-state index contributed by atoms with van der Waals surface area (Å²) in [5.41, 5.74) is -0.620. The summed E-state index contributed by atoms with van der Waals surface area (Å²) < 4.78 is 16.2. The second-order valence-corrected chi connectivity index (χ2v) is 4.84. The first kappa shape index (κ1) is 12.8. The Labute approximate surface area is 110 Å². The van der Waals surface area contributed by atoms with Gasteiger partial charge in [0.25, 0.3) is 0 Å². The molecule has 18 heavy (non-hydrogen) atoms. The molecule has 1 aromatic heterocycles. The smallest absolute Gasteiger partial charge is 0.312 e. The fraction of sp³-hybridized carbons (Fsp3) is 0.167. The zero-order chi connectivity index (χ0) is 13.3. The molecule has 2 rings (SSSR count). The van der Waals surface area contributed by atoms with Crippen LogP contribution in [0.5, 0.6) is 0 Å². The molecule has 0 bridgehead atoms. The van der Waals surface area contributed by atoms with Crippen LogP contribution in [0.15, 0.2) is 44.7 Å². The molecule has 0 N–H and O–H groups in total. The van der Waals surface area contributed by atoms with Gasteiger partial charge in [-0.2, -0.15) is 0 Å². The summed E-state index contributed by atoms with van der Waals surface area (Å²) >= 11 is 3.18. The molecule has 0 aliphatic heterocycles. The van der Waals surface area contributed by atoms with E-state index in [-0.39, 0.29) is 6.54 Å². The summed E-state index contributed by atoms with van der Waals surface area (Å²) in [6.07, 6.45) is 3.00. The predicted octanol–water partition coefficient (Wildman–Crippen LogP) is 1.50. The van der Waals surface area contributed by atoms with Gasteiger partial charge >= 0.3 is 11.1 Å². The molecule has 2 aromatic rings. The number of hydrogen-bond acceptors (Lipinski definition) is 2. The summed E-state index contributed by atoms with van der Waals surface area (Å²) in [7, 11) is 1.51. The van der Waals surface area contributed by atoms with Gasteiger partial charge in [-0.3, -0.25) is 9.59 Å². The Morgan fingerprint density at radius 2 is 1.89 bits per heavy atom. The van der Waals surface area contributed by atoms with Gasteiger partial charge in [-0.05, 0) is 23.8 Å². The molecule has 0 radical (unpaired) electrons. The maximum absolute atomic E-state index is 13.2. The minimum Gasteiger partial charge on any atom is -0.312 e. The molecule has 1 aromatic carbocycles. The van der Waals surface area contributed by atoms with Crippen LogP contribution < -0.4 is 11.1 Å². The molecular weight excluding hydrogens is 303 g/mol. The number of benzene rings is 1. The maximum atomic E-state index is 13.2. The topological polar surface area (TPSA) is 44.0 Å². The molecule has 0 saturated heterocycles. The lowest BCUT2D eigenvalue weighted by Gasteiger charge is -2.07. The number of nitrogens with zero attached hydrogens (tertiary/aromatic N) is 2. The zero-order valence-corrected chi connectivity index (χ0v) is 11.1. The largest absolute Gasteiger partial charge is 0.316 e. The number of aryl methyl sites for hydroxylation is 1. The molecule has 0 atom stereocenters. The monoisotopic (exact) mass is 312 g/mol. The Bertz CT molecular complexity index is 686. The predicted molar refractivity (Wildman–Crippen MR) is 69.1 cm³/mol. The third-order valence-corrected chi connectivity index (χ3v) is 2.97. The van der Waals surface area contributed by atoms with Crippen LogP contribution in [0, 0.1) is 5.82 Å². The first-order valence-electron chi connectivity index (χ1n) is 5.18. The lowest BCUT2D eigenvalue weighted by atomic mass is 10.2. The number of halogens is 2. The summed E-state index contributed by atoms with van der Waals surface area (Å²) in [5.74, 6) is -0.392. The van der Waals surface area contributed by atoms with Crippen LogP contribution in [-0.4, -0.2) is 9.13 Å². The van der Waals surface area contributed by atoms with Crippen molar-refractivity contribution in [3.05, 3.63) is 67.2 Å². The maximum Gasteiger partial charge on any atom is 0.316 e. The van der Waals surface area contributed by atoms with Gasteiger partial charge in [0, 0.05) is 23.9 Å². The van der Waals surface area contributed by atoms with Crippen LogP contribution in [0.2, 0.25) is 0 Å². The lowest BCUT2D eigenvalue weighted by Crippen LogP contribution is -2.39. The van der Waals surface area contributed by atoms with E-state index in [0.29, 0.717) is 10.0 Å². The molecule has 0 spiro atoms. The van der Waals surface area contributed by atoms with Crippen molar-refractivity contribution in [2.75, 3.05) is 0 Å². The molecule has 6 heteroatoms. The van der Waals surface area contributed by atoms with Gasteiger partial charge in [0.15, 0.2) is 0 Å². The molecule has 0 amide bonds. The quantitative estimate of drug-likeness (QED) is 0.789. The summed E-state index contributed by atoms with van der Waals surface area (Å²) in [6, 6.07) is 4.36. The Balaban J connectivity index is 2.44. The average Bonchev–Trinajstić information content (AvgIpc) is 2.29. The highest BCUT2D eigenvalue weighted by Gasteiger charge is 2.05. The second kappa shape index (κ2) is 4.89. The summed E-state index contributed by atoms with van der Waals surface area (Å²) in [6.45, 7) is 0.158. The van der Waals surface area contributed by atoms with Crippen molar-refractivity contribution in [2.24, 2.45) is 7.05 Å². The second-order valence-electron chi connectivity index (χ2n) is 3.92. The normalized spacial score (nSPS) is 10.6. The number of rotatable bonds is 2. The highest BCUT2D eigenvalue weighted by molar-refractivity contribution is 9.10. The molecule has 0 unspecified atom stereocenters. The molecular formula is C12H10BrFN2O2. The van der Waals surface area contributed by atoms with E-state index in [2.05, 4.69) is 15.9 Å². The first-order valence-corrected chi connectivity index (χ1v) is 5.98.